The van der Waals surface area contributed by atoms with Crippen LogP contribution in [0.3, 0.4) is 0 Å². The largest absolute Gasteiger partial charge is 0.383 e. The second-order valence-electron chi connectivity index (χ2n) is 5.67. The number of anilines is 1. The molecule has 118 valence electrons. The molecule has 21 heavy (non-hydrogen) atoms. The van der Waals surface area contributed by atoms with Crippen LogP contribution in [0.2, 0.25) is 0 Å². The number of nitrogens with one attached hydrogen (secondary N) is 1. The maximum atomic E-state index is 5.01. The molecule has 5 nitrogen and oxygen atoms in total. The van der Waals surface area contributed by atoms with Crippen molar-refractivity contribution in [3.63, 3.8) is 0 Å². The minimum Gasteiger partial charge on any atom is -0.383 e. The molecule has 1 saturated heterocycles. The fourth-order valence-corrected chi connectivity index (χ4v) is 2.86. The predicted molar refractivity (Wildman–Crippen MR) is 85.5 cm³/mol. The van der Waals surface area contributed by atoms with E-state index in [0.717, 1.165) is 37.8 Å². The van der Waals surface area contributed by atoms with Crippen molar-refractivity contribution in [3.8, 4) is 0 Å². The van der Waals surface area contributed by atoms with E-state index in [1.54, 1.807) is 7.11 Å². The van der Waals surface area contributed by atoms with Crippen molar-refractivity contribution in [3.05, 3.63) is 18.0 Å². The standard InChI is InChI=1S/C16H28N4O/c1-3-15-7-5-4-6-9-20(15)16-18-12-14(13-19-16)11-17-8-10-21-2/h12-13,15,17H,3-11H2,1-2H3. The summed E-state index contributed by atoms with van der Waals surface area (Å²) in [5.74, 6) is 0.893. The van der Waals surface area contributed by atoms with Crippen LogP contribution in [0.5, 0.6) is 0 Å². The zero-order valence-electron chi connectivity index (χ0n) is 13.3. The van der Waals surface area contributed by atoms with Gasteiger partial charge in [-0.25, -0.2) is 9.97 Å². The van der Waals surface area contributed by atoms with E-state index in [-0.39, 0.29) is 0 Å². The van der Waals surface area contributed by atoms with E-state index in [2.05, 4.69) is 27.1 Å². The molecule has 1 aromatic rings. The van der Waals surface area contributed by atoms with Crippen molar-refractivity contribution in [2.75, 3.05) is 31.7 Å². The smallest absolute Gasteiger partial charge is 0.225 e. The van der Waals surface area contributed by atoms with E-state index >= 15 is 0 Å². The fourth-order valence-electron chi connectivity index (χ4n) is 2.86. The first-order valence-corrected chi connectivity index (χ1v) is 8.12. The zero-order chi connectivity index (χ0) is 14.9. The summed E-state index contributed by atoms with van der Waals surface area (Å²) in [7, 11) is 1.71. The van der Waals surface area contributed by atoms with Gasteiger partial charge in [0.15, 0.2) is 0 Å². The van der Waals surface area contributed by atoms with E-state index in [1.165, 1.54) is 32.1 Å². The fraction of sp³-hybridized carbons (Fsp3) is 0.750. The number of hydrogen-bond acceptors (Lipinski definition) is 5. The van der Waals surface area contributed by atoms with Gasteiger partial charge in [-0.3, -0.25) is 0 Å². The highest BCUT2D eigenvalue weighted by Crippen LogP contribution is 2.22. The number of hydrogen-bond donors (Lipinski definition) is 1. The van der Waals surface area contributed by atoms with Gasteiger partial charge in [0.05, 0.1) is 6.61 Å². The minimum absolute atomic E-state index is 0.596. The Labute approximate surface area is 128 Å². The average Bonchev–Trinajstić information content (AvgIpc) is 2.77. The SMILES string of the molecule is CCC1CCCCCN1c1ncc(CNCCOC)cn1. The van der Waals surface area contributed by atoms with Crippen molar-refractivity contribution in [1.29, 1.82) is 0 Å². The number of nitrogens with zero attached hydrogens (tertiary/aromatic N) is 3. The maximum Gasteiger partial charge on any atom is 0.225 e. The summed E-state index contributed by atoms with van der Waals surface area (Å²) in [6.45, 7) is 5.72. The van der Waals surface area contributed by atoms with Crippen molar-refractivity contribution >= 4 is 5.95 Å². The first-order chi connectivity index (χ1) is 10.3. The molecule has 0 aromatic carbocycles. The topological polar surface area (TPSA) is 50.3 Å². The average molecular weight is 292 g/mol. The second kappa shape index (κ2) is 8.95. The summed E-state index contributed by atoms with van der Waals surface area (Å²) in [6, 6.07) is 0.596. The molecule has 0 bridgehead atoms. The Bertz CT molecular complexity index is 396. The Morgan fingerprint density at radius 2 is 2.10 bits per heavy atom. The highest BCUT2D eigenvalue weighted by atomic mass is 16.5. The molecule has 1 aliphatic rings. The van der Waals surface area contributed by atoms with Crippen LogP contribution in [0.25, 0.3) is 0 Å². The Balaban J connectivity index is 1.93. The molecule has 5 heteroatoms. The molecule has 1 fully saturated rings. The first kappa shape index (κ1) is 16.2. The van der Waals surface area contributed by atoms with Crippen molar-refractivity contribution in [1.82, 2.24) is 15.3 Å². The predicted octanol–water partition coefficient (Wildman–Crippen LogP) is 2.37. The van der Waals surface area contributed by atoms with Crippen LogP contribution in [-0.2, 0) is 11.3 Å². The van der Waals surface area contributed by atoms with E-state index in [0.29, 0.717) is 6.04 Å². The monoisotopic (exact) mass is 292 g/mol. The van der Waals surface area contributed by atoms with E-state index in [4.69, 9.17) is 4.74 Å². The first-order valence-electron chi connectivity index (χ1n) is 8.12. The molecule has 1 N–H and O–H groups in total. The molecule has 1 unspecified atom stereocenters. The summed E-state index contributed by atoms with van der Waals surface area (Å²) in [5.41, 5.74) is 1.12. The Hall–Kier alpha value is -1.20. The summed E-state index contributed by atoms with van der Waals surface area (Å²) >= 11 is 0. The highest BCUT2D eigenvalue weighted by molar-refractivity contribution is 5.32. The van der Waals surface area contributed by atoms with Gasteiger partial charge in [-0.05, 0) is 19.3 Å². The minimum atomic E-state index is 0.596. The summed E-state index contributed by atoms with van der Waals surface area (Å²) in [4.78, 5) is 11.6. The molecule has 2 heterocycles. The Kier molecular flexibility index (Phi) is 6.89. The quantitative estimate of drug-likeness (QED) is 0.782. The van der Waals surface area contributed by atoms with Gasteiger partial charge in [0.25, 0.3) is 0 Å². The lowest BCUT2D eigenvalue weighted by atomic mass is 10.1. The van der Waals surface area contributed by atoms with Crippen molar-refractivity contribution in [2.24, 2.45) is 0 Å². The molecule has 1 aliphatic heterocycles. The van der Waals surface area contributed by atoms with Crippen LogP contribution < -0.4 is 10.2 Å². The van der Waals surface area contributed by atoms with E-state index < -0.39 is 0 Å². The molecular weight excluding hydrogens is 264 g/mol. The molecule has 1 aromatic heterocycles. The third-order valence-corrected chi connectivity index (χ3v) is 4.11. The lowest BCUT2D eigenvalue weighted by Crippen LogP contribution is -2.35. The van der Waals surface area contributed by atoms with Gasteiger partial charge in [-0.15, -0.1) is 0 Å². The van der Waals surface area contributed by atoms with Crippen molar-refractivity contribution < 1.29 is 4.74 Å². The van der Waals surface area contributed by atoms with Crippen LogP contribution in [0.15, 0.2) is 12.4 Å². The molecule has 0 spiro atoms. The molecule has 1 atom stereocenters. The van der Waals surface area contributed by atoms with Crippen LogP contribution in [0.4, 0.5) is 5.95 Å². The van der Waals surface area contributed by atoms with Gasteiger partial charge in [0.1, 0.15) is 0 Å². The number of methoxy groups -OCH3 is 1. The van der Waals surface area contributed by atoms with E-state index in [9.17, 15) is 0 Å². The normalized spacial score (nSPS) is 19.5. The third-order valence-electron chi connectivity index (χ3n) is 4.11. The summed E-state index contributed by atoms with van der Waals surface area (Å²) in [5, 5.41) is 3.31. The van der Waals surface area contributed by atoms with Crippen LogP contribution in [0.1, 0.15) is 44.6 Å². The molecule has 0 radical (unpaired) electrons. The number of ether oxygens (including phenoxy) is 1. The van der Waals surface area contributed by atoms with Gasteiger partial charge in [-0.1, -0.05) is 19.8 Å². The Morgan fingerprint density at radius 1 is 1.29 bits per heavy atom. The number of aromatic nitrogens is 2. The van der Waals surface area contributed by atoms with Gasteiger partial charge < -0.3 is 15.0 Å². The van der Waals surface area contributed by atoms with Crippen LogP contribution in [-0.4, -0.2) is 42.8 Å². The second-order valence-corrected chi connectivity index (χ2v) is 5.67. The lowest BCUT2D eigenvalue weighted by molar-refractivity contribution is 0.199. The molecular formula is C16H28N4O. The lowest BCUT2D eigenvalue weighted by Gasteiger charge is -2.29. The Morgan fingerprint density at radius 3 is 2.81 bits per heavy atom. The van der Waals surface area contributed by atoms with Crippen LogP contribution in [0, 0.1) is 0 Å². The van der Waals surface area contributed by atoms with Gasteiger partial charge in [-0.2, -0.15) is 0 Å². The summed E-state index contributed by atoms with van der Waals surface area (Å²) < 4.78 is 5.01. The van der Waals surface area contributed by atoms with Gasteiger partial charge >= 0.3 is 0 Å². The van der Waals surface area contributed by atoms with E-state index in [1.807, 2.05) is 12.4 Å². The van der Waals surface area contributed by atoms with Gasteiger partial charge in [0, 0.05) is 50.7 Å². The summed E-state index contributed by atoms with van der Waals surface area (Å²) in [6.07, 6.45) is 10.2. The molecule has 0 saturated carbocycles. The molecule has 2 rings (SSSR count). The zero-order valence-corrected chi connectivity index (χ0v) is 13.3. The van der Waals surface area contributed by atoms with Gasteiger partial charge in [0.2, 0.25) is 5.95 Å². The third kappa shape index (κ3) is 4.93. The van der Waals surface area contributed by atoms with Crippen molar-refractivity contribution in [2.45, 2.75) is 51.6 Å². The van der Waals surface area contributed by atoms with Crippen LogP contribution >= 0.6 is 0 Å². The maximum absolute atomic E-state index is 5.01. The highest BCUT2D eigenvalue weighted by Gasteiger charge is 2.21. The molecule has 0 aliphatic carbocycles. The molecule has 0 amide bonds. The number of rotatable bonds is 7.